The van der Waals surface area contributed by atoms with Crippen molar-refractivity contribution in [2.45, 2.75) is 32.9 Å². The number of imidazole rings is 1. The minimum Gasteiger partial charge on any atom is -0.377 e. The Labute approximate surface area is 123 Å². The van der Waals surface area contributed by atoms with Crippen molar-refractivity contribution in [1.82, 2.24) is 14.7 Å². The Morgan fingerprint density at radius 1 is 1.29 bits per heavy atom. The molecule has 0 unspecified atom stereocenters. The minimum atomic E-state index is 0.444. The number of nitrogens with zero attached hydrogens (tertiary/aromatic N) is 3. The number of methoxy groups -OCH3 is 1. The molecule has 0 aliphatic rings. The van der Waals surface area contributed by atoms with Crippen LogP contribution < -0.4 is 0 Å². The third-order valence-electron chi connectivity index (χ3n) is 3.42. The standard InChI is InChI=1S/C16H19N3O2/c1-3-6-16-17-14-7-4-5-8-15(14)19(16)10-12-9-13(11-20-2)21-18-12/h4-5,7-9H,3,6,10-11H2,1-2H3. The number of aromatic nitrogens is 3. The summed E-state index contributed by atoms with van der Waals surface area (Å²) in [5, 5.41) is 4.11. The summed E-state index contributed by atoms with van der Waals surface area (Å²) in [6.07, 6.45) is 2.02. The van der Waals surface area contributed by atoms with E-state index >= 15 is 0 Å². The maximum Gasteiger partial charge on any atom is 0.162 e. The fourth-order valence-electron chi connectivity index (χ4n) is 2.52. The average Bonchev–Trinajstić information content (AvgIpc) is 3.06. The summed E-state index contributed by atoms with van der Waals surface area (Å²) in [6.45, 7) is 3.28. The molecule has 0 spiro atoms. The molecule has 3 rings (SSSR count). The van der Waals surface area contributed by atoms with Crippen molar-refractivity contribution in [3.05, 3.63) is 47.6 Å². The molecular weight excluding hydrogens is 266 g/mol. The summed E-state index contributed by atoms with van der Waals surface area (Å²) in [6, 6.07) is 10.1. The first kappa shape index (κ1) is 13.8. The third kappa shape index (κ3) is 2.83. The molecule has 0 bridgehead atoms. The molecule has 0 fully saturated rings. The van der Waals surface area contributed by atoms with Crippen molar-refractivity contribution in [3.63, 3.8) is 0 Å². The van der Waals surface area contributed by atoms with Crippen LogP contribution in [0.3, 0.4) is 0 Å². The second-order valence-corrected chi connectivity index (χ2v) is 5.07. The predicted molar refractivity (Wildman–Crippen MR) is 80.0 cm³/mol. The van der Waals surface area contributed by atoms with E-state index in [1.165, 1.54) is 0 Å². The third-order valence-corrected chi connectivity index (χ3v) is 3.42. The number of aryl methyl sites for hydroxylation is 1. The lowest BCUT2D eigenvalue weighted by Gasteiger charge is -2.06. The summed E-state index contributed by atoms with van der Waals surface area (Å²) in [4.78, 5) is 4.72. The van der Waals surface area contributed by atoms with E-state index in [0.717, 1.165) is 41.2 Å². The van der Waals surface area contributed by atoms with Gasteiger partial charge < -0.3 is 13.8 Å². The van der Waals surface area contributed by atoms with E-state index in [1.807, 2.05) is 24.3 Å². The molecule has 5 heteroatoms. The highest BCUT2D eigenvalue weighted by molar-refractivity contribution is 5.76. The van der Waals surface area contributed by atoms with E-state index < -0.39 is 0 Å². The molecule has 0 N–H and O–H groups in total. The van der Waals surface area contributed by atoms with Gasteiger partial charge in [0.2, 0.25) is 0 Å². The highest BCUT2D eigenvalue weighted by Gasteiger charge is 2.12. The van der Waals surface area contributed by atoms with Gasteiger partial charge in [-0.3, -0.25) is 0 Å². The Bertz CT molecular complexity index is 730. The quantitative estimate of drug-likeness (QED) is 0.698. The van der Waals surface area contributed by atoms with Crippen molar-refractivity contribution in [3.8, 4) is 0 Å². The van der Waals surface area contributed by atoms with Gasteiger partial charge in [-0.2, -0.15) is 0 Å². The first-order chi connectivity index (χ1) is 10.3. The van der Waals surface area contributed by atoms with Gasteiger partial charge in [0, 0.05) is 19.6 Å². The van der Waals surface area contributed by atoms with E-state index in [9.17, 15) is 0 Å². The second-order valence-electron chi connectivity index (χ2n) is 5.07. The van der Waals surface area contributed by atoms with Crippen LogP contribution in [0.2, 0.25) is 0 Å². The summed E-state index contributed by atoms with van der Waals surface area (Å²) in [5.74, 6) is 1.84. The zero-order valence-corrected chi connectivity index (χ0v) is 12.4. The largest absolute Gasteiger partial charge is 0.377 e. The Kier molecular flexibility index (Phi) is 4.01. The fourth-order valence-corrected chi connectivity index (χ4v) is 2.52. The topological polar surface area (TPSA) is 53.1 Å². The molecule has 0 aliphatic carbocycles. The monoisotopic (exact) mass is 285 g/mol. The lowest BCUT2D eigenvalue weighted by molar-refractivity contribution is 0.155. The SMILES string of the molecule is CCCc1nc2ccccc2n1Cc1cc(COC)on1. The van der Waals surface area contributed by atoms with Crippen LogP contribution in [0.15, 0.2) is 34.9 Å². The summed E-state index contributed by atoms with van der Waals surface area (Å²) in [7, 11) is 1.64. The van der Waals surface area contributed by atoms with E-state index in [0.29, 0.717) is 13.2 Å². The van der Waals surface area contributed by atoms with Crippen LogP contribution in [0.5, 0.6) is 0 Å². The molecular formula is C16H19N3O2. The molecule has 0 saturated carbocycles. The van der Waals surface area contributed by atoms with Crippen LogP contribution in [-0.4, -0.2) is 21.8 Å². The Hall–Kier alpha value is -2.14. The van der Waals surface area contributed by atoms with E-state index in [-0.39, 0.29) is 0 Å². The highest BCUT2D eigenvalue weighted by atomic mass is 16.5. The summed E-state index contributed by atoms with van der Waals surface area (Å²) >= 11 is 0. The summed E-state index contributed by atoms with van der Waals surface area (Å²) < 4.78 is 12.5. The number of rotatable bonds is 6. The molecule has 0 radical (unpaired) electrons. The number of hydrogen-bond donors (Lipinski definition) is 0. The molecule has 0 saturated heterocycles. The highest BCUT2D eigenvalue weighted by Crippen LogP contribution is 2.19. The molecule has 1 aromatic carbocycles. The first-order valence-electron chi connectivity index (χ1n) is 7.19. The Balaban J connectivity index is 1.95. The van der Waals surface area contributed by atoms with Crippen molar-refractivity contribution in [1.29, 1.82) is 0 Å². The van der Waals surface area contributed by atoms with Gasteiger partial charge in [0.15, 0.2) is 5.76 Å². The maximum atomic E-state index is 5.26. The van der Waals surface area contributed by atoms with Crippen LogP contribution >= 0.6 is 0 Å². The molecule has 0 atom stereocenters. The maximum absolute atomic E-state index is 5.26. The van der Waals surface area contributed by atoms with Gasteiger partial charge >= 0.3 is 0 Å². The molecule has 3 aromatic rings. The number of hydrogen-bond acceptors (Lipinski definition) is 4. The molecule has 2 aromatic heterocycles. The molecule has 21 heavy (non-hydrogen) atoms. The van der Waals surface area contributed by atoms with Gasteiger partial charge in [-0.25, -0.2) is 4.98 Å². The molecule has 110 valence electrons. The zero-order chi connectivity index (χ0) is 14.7. The van der Waals surface area contributed by atoms with Gasteiger partial charge in [-0.15, -0.1) is 0 Å². The number of ether oxygens (including phenoxy) is 1. The van der Waals surface area contributed by atoms with Crippen molar-refractivity contribution < 1.29 is 9.26 Å². The number of benzene rings is 1. The average molecular weight is 285 g/mol. The van der Waals surface area contributed by atoms with E-state index in [2.05, 4.69) is 22.7 Å². The van der Waals surface area contributed by atoms with E-state index in [1.54, 1.807) is 7.11 Å². The van der Waals surface area contributed by atoms with Gasteiger partial charge in [-0.1, -0.05) is 24.2 Å². The van der Waals surface area contributed by atoms with Crippen LogP contribution in [0.4, 0.5) is 0 Å². The molecule has 2 heterocycles. The van der Waals surface area contributed by atoms with Gasteiger partial charge in [0.1, 0.15) is 18.1 Å². The number of fused-ring (bicyclic) bond motifs is 1. The van der Waals surface area contributed by atoms with Gasteiger partial charge in [-0.05, 0) is 18.6 Å². The minimum absolute atomic E-state index is 0.444. The molecule has 0 aliphatic heterocycles. The fraction of sp³-hybridized carbons (Fsp3) is 0.375. The van der Waals surface area contributed by atoms with Crippen LogP contribution in [0, 0.1) is 0 Å². The zero-order valence-electron chi connectivity index (χ0n) is 12.4. The lowest BCUT2D eigenvalue weighted by Crippen LogP contribution is -2.05. The molecule has 0 amide bonds. The smallest absolute Gasteiger partial charge is 0.162 e. The van der Waals surface area contributed by atoms with Gasteiger partial charge in [0.25, 0.3) is 0 Å². The van der Waals surface area contributed by atoms with Crippen molar-refractivity contribution in [2.75, 3.05) is 7.11 Å². The normalized spacial score (nSPS) is 11.3. The Morgan fingerprint density at radius 2 is 2.14 bits per heavy atom. The van der Waals surface area contributed by atoms with Gasteiger partial charge in [0.05, 0.1) is 17.6 Å². The number of para-hydroxylation sites is 2. The summed E-state index contributed by atoms with van der Waals surface area (Å²) in [5.41, 5.74) is 3.06. The van der Waals surface area contributed by atoms with Crippen LogP contribution in [-0.2, 0) is 24.3 Å². The second kappa shape index (κ2) is 6.10. The Morgan fingerprint density at radius 3 is 2.95 bits per heavy atom. The van der Waals surface area contributed by atoms with Crippen molar-refractivity contribution in [2.24, 2.45) is 0 Å². The molecule has 5 nitrogen and oxygen atoms in total. The first-order valence-corrected chi connectivity index (χ1v) is 7.19. The lowest BCUT2D eigenvalue weighted by atomic mass is 10.3. The van der Waals surface area contributed by atoms with E-state index in [4.69, 9.17) is 14.2 Å². The van der Waals surface area contributed by atoms with Crippen molar-refractivity contribution >= 4 is 11.0 Å². The van der Waals surface area contributed by atoms with Crippen LogP contribution in [0.1, 0.15) is 30.6 Å². The van der Waals surface area contributed by atoms with Crippen LogP contribution in [0.25, 0.3) is 11.0 Å². The predicted octanol–water partition coefficient (Wildman–Crippen LogP) is 3.17.